The molecule has 1 spiro atoms. The molecule has 268 valence electrons. The van der Waals surface area contributed by atoms with Gasteiger partial charge in [0.2, 0.25) is 6.10 Å². The van der Waals surface area contributed by atoms with Crippen LogP contribution in [0.4, 0.5) is 4.79 Å². The van der Waals surface area contributed by atoms with Crippen LogP contribution in [-0.2, 0) is 54.7 Å². The number of nitrogens with zero attached hydrogens (tertiary/aromatic N) is 1. The summed E-state index contributed by atoms with van der Waals surface area (Å²) >= 11 is 0. The first-order chi connectivity index (χ1) is 22.6. The predicted octanol–water partition coefficient (Wildman–Crippen LogP) is 3.42. The molecule has 0 saturated carbocycles. The van der Waals surface area contributed by atoms with E-state index >= 15 is 0 Å². The van der Waals surface area contributed by atoms with E-state index in [0.717, 1.165) is 12.5 Å². The average Bonchev–Trinajstić information content (AvgIpc) is 3.31. The lowest BCUT2D eigenvalue weighted by molar-refractivity contribution is -0.183. The maximum absolute atomic E-state index is 13.4. The average molecular weight is 688 g/mol. The number of hydrogen-bond acceptors (Lipinski definition) is 14. The van der Waals surface area contributed by atoms with Gasteiger partial charge < -0.3 is 43.2 Å². The number of rotatable bonds is 8. The molecule has 0 amide bonds. The normalized spacial score (nSPS) is 26.5. The highest BCUT2D eigenvalue weighted by Crippen LogP contribution is 2.65. The second kappa shape index (κ2) is 12.6. The molecule has 1 aromatic rings. The Labute approximate surface area is 284 Å². The van der Waals surface area contributed by atoms with Gasteiger partial charge in [-0.05, 0) is 92.6 Å². The molecule has 14 heteroatoms. The second-order valence-corrected chi connectivity index (χ2v) is 15.0. The van der Waals surface area contributed by atoms with Crippen molar-refractivity contribution in [1.82, 2.24) is 4.90 Å². The van der Waals surface area contributed by atoms with Gasteiger partial charge in [0.05, 0.1) is 17.4 Å². The summed E-state index contributed by atoms with van der Waals surface area (Å²) in [6.45, 7) is 13.0. The van der Waals surface area contributed by atoms with E-state index < -0.39 is 77.0 Å². The molecule has 2 unspecified atom stereocenters. The first-order valence-corrected chi connectivity index (χ1v) is 16.3. The Morgan fingerprint density at radius 1 is 1.00 bits per heavy atom. The zero-order valence-electron chi connectivity index (χ0n) is 29.4. The van der Waals surface area contributed by atoms with Crippen molar-refractivity contribution < 1.29 is 62.2 Å². The quantitative estimate of drug-likeness (QED) is 0.239. The number of ether oxygens (including phenoxy) is 7. The molecule has 2 aliphatic heterocycles. The molecule has 6 atom stereocenters. The van der Waals surface area contributed by atoms with Crippen LogP contribution in [0.5, 0.6) is 11.5 Å². The van der Waals surface area contributed by atoms with Crippen LogP contribution in [0.15, 0.2) is 24.0 Å². The molecule has 2 heterocycles. The van der Waals surface area contributed by atoms with Gasteiger partial charge in [-0.3, -0.25) is 9.59 Å². The van der Waals surface area contributed by atoms with Gasteiger partial charge >= 0.3 is 30.0 Å². The molecule has 4 aliphatic rings. The fourth-order valence-corrected chi connectivity index (χ4v) is 7.25. The summed E-state index contributed by atoms with van der Waals surface area (Å²) in [4.78, 5) is 65.5. The second-order valence-electron chi connectivity index (χ2n) is 15.0. The van der Waals surface area contributed by atoms with Crippen LogP contribution >= 0.6 is 0 Å². The third kappa shape index (κ3) is 6.85. The highest BCUT2D eigenvalue weighted by atomic mass is 16.7. The molecule has 1 N–H and O–H groups in total. The van der Waals surface area contributed by atoms with Gasteiger partial charge in [0, 0.05) is 24.9 Å². The third-order valence-electron chi connectivity index (χ3n) is 9.11. The lowest BCUT2D eigenvalue weighted by atomic mass is 9.50. The number of aliphatic hydroxyl groups is 1. The molecule has 2 bridgehead atoms. The summed E-state index contributed by atoms with van der Waals surface area (Å²) in [7, 11) is 1.95. The van der Waals surface area contributed by atoms with E-state index in [1.54, 1.807) is 53.7 Å². The Bertz CT molecular complexity index is 1590. The smallest absolute Gasteiger partial charge is 0.477 e. The van der Waals surface area contributed by atoms with Gasteiger partial charge in [-0.25, -0.2) is 14.4 Å². The van der Waals surface area contributed by atoms with E-state index in [1.807, 2.05) is 13.1 Å². The number of hydrogen-bond donors (Lipinski definition) is 1. The van der Waals surface area contributed by atoms with Crippen molar-refractivity contribution in [2.75, 3.05) is 13.6 Å². The van der Waals surface area contributed by atoms with Gasteiger partial charge in [0.1, 0.15) is 17.0 Å². The first kappa shape index (κ1) is 36.1. The van der Waals surface area contributed by atoms with Crippen molar-refractivity contribution >= 4 is 30.0 Å². The van der Waals surface area contributed by atoms with E-state index in [-0.39, 0.29) is 29.7 Å². The van der Waals surface area contributed by atoms with Crippen molar-refractivity contribution in [3.05, 3.63) is 35.1 Å². The molecule has 1 saturated heterocycles. The van der Waals surface area contributed by atoms with Crippen LogP contribution in [0, 0.1) is 0 Å². The van der Waals surface area contributed by atoms with E-state index in [1.165, 1.54) is 6.92 Å². The summed E-state index contributed by atoms with van der Waals surface area (Å²) in [6.07, 6.45) is -3.11. The Hall–Kier alpha value is -4.17. The number of piperidine rings is 1. The molecule has 1 aromatic carbocycles. The van der Waals surface area contributed by atoms with E-state index in [9.17, 15) is 29.1 Å². The summed E-state index contributed by atoms with van der Waals surface area (Å²) in [5.41, 5.74) is -2.46. The van der Waals surface area contributed by atoms with Gasteiger partial charge in [0.25, 0.3) is 0 Å². The number of likely N-dealkylation sites (N-methyl/N-ethyl adjacent to an activating group) is 1. The van der Waals surface area contributed by atoms with Gasteiger partial charge in [-0.2, -0.15) is 0 Å². The zero-order valence-corrected chi connectivity index (χ0v) is 29.4. The minimum absolute atomic E-state index is 0.0855. The number of likely N-dealkylation sites (tertiary alicyclic amines) is 1. The van der Waals surface area contributed by atoms with Gasteiger partial charge in [0.15, 0.2) is 23.7 Å². The lowest BCUT2D eigenvalue weighted by Gasteiger charge is -2.61. The van der Waals surface area contributed by atoms with Crippen molar-refractivity contribution in [3.63, 3.8) is 0 Å². The molecule has 0 radical (unpaired) electrons. The van der Waals surface area contributed by atoms with Crippen molar-refractivity contribution in [3.8, 4) is 11.5 Å². The SMILES string of the molecule is CC(=O)OC(CC(=O)OC1=CC[C@@]2(O)[C@H]3Cc4ccc(OC(=O)OC(C)(C)C)c5c4[C@@]2(CCN3C)[C@H]1O5)C(=O)OC(C)C(=O)OC(C)(C)C. The summed E-state index contributed by atoms with van der Waals surface area (Å²) < 4.78 is 38.8. The first-order valence-electron chi connectivity index (χ1n) is 16.3. The van der Waals surface area contributed by atoms with Crippen LogP contribution in [0.1, 0.15) is 85.8 Å². The topological polar surface area (TPSA) is 173 Å². The minimum Gasteiger partial charge on any atom is -0.477 e. The summed E-state index contributed by atoms with van der Waals surface area (Å²) in [5.74, 6) is -3.34. The molecular weight excluding hydrogens is 642 g/mol. The molecule has 49 heavy (non-hydrogen) atoms. The van der Waals surface area contributed by atoms with E-state index in [0.29, 0.717) is 24.9 Å². The van der Waals surface area contributed by atoms with Crippen LogP contribution < -0.4 is 9.47 Å². The predicted molar refractivity (Wildman–Crippen MR) is 169 cm³/mol. The van der Waals surface area contributed by atoms with Crippen molar-refractivity contribution in [1.29, 1.82) is 0 Å². The lowest BCUT2D eigenvalue weighted by Crippen LogP contribution is -2.74. The van der Waals surface area contributed by atoms with Crippen LogP contribution in [0.2, 0.25) is 0 Å². The highest BCUT2D eigenvalue weighted by molar-refractivity contribution is 5.86. The number of carbonyl (C=O) groups excluding carboxylic acids is 5. The summed E-state index contributed by atoms with van der Waals surface area (Å²) in [5, 5.41) is 12.5. The van der Waals surface area contributed by atoms with Crippen LogP contribution in [0.3, 0.4) is 0 Å². The molecule has 14 nitrogen and oxygen atoms in total. The number of benzene rings is 1. The standard InChI is InChI=1S/C35H45NO13/c1-18(29(39)48-32(3,4)5)43-30(40)23(44-19(2)37)17-25(38)45-22-12-13-35(42)24-16-20-10-11-21(46-31(41)49-33(6,7)8)27-26(20)34(35,28(22)47-27)14-15-36(24)9/h10-12,18,23-24,28,42H,13-17H2,1-9H3/t18?,23?,24-,28+,34+,35-/m1/s1. The number of carbonyl (C=O) groups is 5. The maximum Gasteiger partial charge on any atom is 0.514 e. The molecule has 5 rings (SSSR count). The van der Waals surface area contributed by atoms with Crippen LogP contribution in [-0.4, -0.2) is 94.8 Å². The fourth-order valence-electron chi connectivity index (χ4n) is 7.25. The van der Waals surface area contributed by atoms with E-state index in [2.05, 4.69) is 4.90 Å². The zero-order chi connectivity index (χ0) is 36.3. The Kier molecular flexibility index (Phi) is 9.30. The summed E-state index contributed by atoms with van der Waals surface area (Å²) in [6, 6.07) is 3.18. The fraction of sp³-hybridized carbons (Fsp3) is 0.629. The maximum atomic E-state index is 13.4. The third-order valence-corrected chi connectivity index (χ3v) is 9.11. The molecule has 2 aliphatic carbocycles. The van der Waals surface area contributed by atoms with Crippen molar-refractivity contribution in [2.45, 2.75) is 128 Å². The van der Waals surface area contributed by atoms with Crippen molar-refractivity contribution in [2.24, 2.45) is 0 Å². The molecular formula is C35H45NO13. The molecule has 0 aromatic heterocycles. The van der Waals surface area contributed by atoms with Crippen LogP contribution in [0.25, 0.3) is 0 Å². The Morgan fingerprint density at radius 3 is 2.31 bits per heavy atom. The molecule has 1 fully saturated rings. The minimum atomic E-state index is -1.72. The monoisotopic (exact) mass is 687 g/mol. The largest absolute Gasteiger partial charge is 0.514 e. The van der Waals surface area contributed by atoms with Gasteiger partial charge in [-0.15, -0.1) is 0 Å². The highest BCUT2D eigenvalue weighted by Gasteiger charge is 2.72. The van der Waals surface area contributed by atoms with Gasteiger partial charge in [-0.1, -0.05) is 6.07 Å². The Morgan fingerprint density at radius 2 is 1.67 bits per heavy atom. The van der Waals surface area contributed by atoms with E-state index in [4.69, 9.17) is 33.2 Å². The number of esters is 4. The Balaban J connectivity index is 1.41.